The van der Waals surface area contributed by atoms with Gasteiger partial charge in [-0.3, -0.25) is 4.79 Å². The number of hydrogen-bond acceptors (Lipinski definition) is 3. The summed E-state index contributed by atoms with van der Waals surface area (Å²) >= 11 is 0. The highest BCUT2D eigenvalue weighted by atomic mass is 19.1. The molecule has 0 bridgehead atoms. The van der Waals surface area contributed by atoms with Gasteiger partial charge in [0.25, 0.3) is 0 Å². The summed E-state index contributed by atoms with van der Waals surface area (Å²) in [4.78, 5) is 17.5. The molecular formula is C21H24FN3O. The Bertz CT molecular complexity index is 776. The van der Waals surface area contributed by atoms with E-state index in [9.17, 15) is 9.18 Å². The molecule has 1 heterocycles. The second-order valence-corrected chi connectivity index (χ2v) is 7.38. The number of carbonyl (C=O) groups excluding carboxylic acids is 1. The van der Waals surface area contributed by atoms with Gasteiger partial charge in [0, 0.05) is 37.6 Å². The quantitative estimate of drug-likeness (QED) is 0.917. The van der Waals surface area contributed by atoms with Gasteiger partial charge in [-0.1, -0.05) is 12.1 Å². The fraction of sp³-hybridized carbons (Fsp3) is 0.381. The third-order valence-electron chi connectivity index (χ3n) is 5.58. The summed E-state index contributed by atoms with van der Waals surface area (Å²) in [5, 5.41) is 3.04. The van der Waals surface area contributed by atoms with Gasteiger partial charge in [-0.25, -0.2) is 4.39 Å². The van der Waals surface area contributed by atoms with E-state index in [1.54, 1.807) is 12.1 Å². The Morgan fingerprint density at radius 3 is 2.15 bits per heavy atom. The zero-order chi connectivity index (χ0) is 18.1. The van der Waals surface area contributed by atoms with Crippen LogP contribution < -0.4 is 10.2 Å². The molecule has 26 heavy (non-hydrogen) atoms. The monoisotopic (exact) mass is 353 g/mol. The van der Waals surface area contributed by atoms with Crippen molar-refractivity contribution in [1.82, 2.24) is 4.90 Å². The van der Waals surface area contributed by atoms with E-state index in [2.05, 4.69) is 34.3 Å². The third kappa shape index (κ3) is 3.31. The Balaban J connectivity index is 1.42. The van der Waals surface area contributed by atoms with Crippen LogP contribution in [0.15, 0.2) is 48.5 Å². The second kappa shape index (κ2) is 6.72. The number of nitrogens with one attached hydrogen (secondary N) is 1. The Morgan fingerprint density at radius 1 is 0.962 bits per heavy atom. The Kier molecular flexibility index (Phi) is 4.41. The summed E-state index contributed by atoms with van der Waals surface area (Å²) in [6.45, 7) is 4.18. The van der Waals surface area contributed by atoms with E-state index in [1.165, 1.54) is 17.8 Å². The van der Waals surface area contributed by atoms with Crippen molar-refractivity contribution in [1.29, 1.82) is 0 Å². The minimum atomic E-state index is -0.496. The number of rotatable bonds is 4. The zero-order valence-electron chi connectivity index (χ0n) is 15.0. The topological polar surface area (TPSA) is 35.6 Å². The standard InChI is InChI=1S/C21H24FN3O/c1-24-12-14-25(15-13-24)19-8-6-18(7-9-19)23-20(26)21(10-11-21)16-2-4-17(22)5-3-16/h2-9H,10-15H2,1H3,(H,23,26). The molecule has 2 aromatic rings. The molecule has 0 radical (unpaired) electrons. The van der Waals surface area contributed by atoms with Crippen LogP contribution in [0.1, 0.15) is 18.4 Å². The van der Waals surface area contributed by atoms with Crippen molar-refractivity contribution in [2.75, 3.05) is 43.4 Å². The minimum absolute atomic E-state index is 0.00328. The molecule has 136 valence electrons. The van der Waals surface area contributed by atoms with Crippen LogP contribution in [0.4, 0.5) is 15.8 Å². The number of amides is 1. The SMILES string of the molecule is CN1CCN(c2ccc(NC(=O)C3(c4ccc(F)cc4)CC3)cc2)CC1. The van der Waals surface area contributed by atoms with Crippen LogP contribution >= 0.6 is 0 Å². The van der Waals surface area contributed by atoms with E-state index in [-0.39, 0.29) is 11.7 Å². The Hall–Kier alpha value is -2.40. The summed E-state index contributed by atoms with van der Waals surface area (Å²) < 4.78 is 13.1. The lowest BCUT2D eigenvalue weighted by atomic mass is 9.95. The molecule has 4 rings (SSSR count). The van der Waals surface area contributed by atoms with Crippen LogP contribution in [0.5, 0.6) is 0 Å². The van der Waals surface area contributed by atoms with Crippen molar-refractivity contribution in [3.05, 3.63) is 59.9 Å². The van der Waals surface area contributed by atoms with Gasteiger partial charge < -0.3 is 15.1 Å². The van der Waals surface area contributed by atoms with Crippen LogP contribution in [0.25, 0.3) is 0 Å². The number of piperazine rings is 1. The van der Waals surface area contributed by atoms with Gasteiger partial charge in [-0.05, 0) is 61.9 Å². The highest BCUT2D eigenvalue weighted by Crippen LogP contribution is 2.49. The number of halogens is 1. The predicted octanol–water partition coefficient (Wildman–Crippen LogP) is 3.25. The number of carbonyl (C=O) groups is 1. The third-order valence-corrected chi connectivity index (χ3v) is 5.58. The van der Waals surface area contributed by atoms with Gasteiger partial charge >= 0.3 is 0 Å². The fourth-order valence-corrected chi connectivity index (χ4v) is 3.61. The maximum absolute atomic E-state index is 13.1. The van der Waals surface area contributed by atoms with Gasteiger partial charge in [-0.15, -0.1) is 0 Å². The van der Waals surface area contributed by atoms with E-state index in [0.29, 0.717) is 0 Å². The van der Waals surface area contributed by atoms with Crippen molar-refractivity contribution < 1.29 is 9.18 Å². The summed E-state index contributed by atoms with van der Waals surface area (Å²) in [5.74, 6) is -0.277. The van der Waals surface area contributed by atoms with Gasteiger partial charge in [0.05, 0.1) is 5.41 Å². The first-order valence-corrected chi connectivity index (χ1v) is 9.18. The maximum Gasteiger partial charge on any atom is 0.235 e. The largest absolute Gasteiger partial charge is 0.369 e. The van der Waals surface area contributed by atoms with E-state index in [4.69, 9.17) is 0 Å². The molecule has 2 fully saturated rings. The van der Waals surface area contributed by atoms with Crippen molar-refractivity contribution in [3.63, 3.8) is 0 Å². The van der Waals surface area contributed by atoms with Gasteiger partial charge in [-0.2, -0.15) is 0 Å². The highest BCUT2D eigenvalue weighted by molar-refractivity contribution is 6.01. The summed E-state index contributed by atoms with van der Waals surface area (Å²) in [7, 11) is 2.14. The first-order chi connectivity index (χ1) is 12.6. The molecular weight excluding hydrogens is 329 g/mol. The number of hydrogen-bond donors (Lipinski definition) is 1. The average molecular weight is 353 g/mol. The summed E-state index contributed by atoms with van der Waals surface area (Å²) in [6, 6.07) is 14.4. The zero-order valence-corrected chi connectivity index (χ0v) is 15.0. The number of anilines is 2. The van der Waals surface area contributed by atoms with Crippen molar-refractivity contribution in [2.24, 2.45) is 0 Å². The van der Waals surface area contributed by atoms with Gasteiger partial charge in [0.15, 0.2) is 0 Å². The second-order valence-electron chi connectivity index (χ2n) is 7.38. The van der Waals surface area contributed by atoms with Crippen molar-refractivity contribution >= 4 is 17.3 Å². The molecule has 4 nitrogen and oxygen atoms in total. The molecule has 1 N–H and O–H groups in total. The highest BCUT2D eigenvalue weighted by Gasteiger charge is 2.51. The van der Waals surface area contributed by atoms with Crippen LogP contribution in [0, 0.1) is 5.82 Å². The lowest BCUT2D eigenvalue weighted by molar-refractivity contribution is -0.118. The van der Waals surface area contributed by atoms with Crippen LogP contribution in [-0.4, -0.2) is 44.0 Å². The Labute approximate surface area is 153 Å². The summed E-state index contributed by atoms with van der Waals surface area (Å²) in [5.41, 5.74) is 2.39. The molecule has 1 aliphatic heterocycles. The lowest BCUT2D eigenvalue weighted by Crippen LogP contribution is -2.44. The Morgan fingerprint density at radius 2 is 1.58 bits per heavy atom. The molecule has 2 aromatic carbocycles. The van der Waals surface area contributed by atoms with Gasteiger partial charge in [0.2, 0.25) is 5.91 Å². The van der Waals surface area contributed by atoms with Crippen molar-refractivity contribution in [2.45, 2.75) is 18.3 Å². The van der Waals surface area contributed by atoms with E-state index < -0.39 is 5.41 Å². The molecule has 2 aliphatic rings. The molecule has 0 unspecified atom stereocenters. The smallest absolute Gasteiger partial charge is 0.235 e. The predicted molar refractivity (Wildman–Crippen MR) is 102 cm³/mol. The molecule has 0 spiro atoms. The lowest BCUT2D eigenvalue weighted by Gasteiger charge is -2.34. The molecule has 1 saturated heterocycles. The van der Waals surface area contributed by atoms with Crippen molar-refractivity contribution in [3.8, 4) is 0 Å². The maximum atomic E-state index is 13.1. The average Bonchev–Trinajstić information content (AvgIpc) is 3.46. The van der Waals surface area contributed by atoms with E-state index in [0.717, 1.165) is 50.3 Å². The van der Waals surface area contributed by atoms with E-state index >= 15 is 0 Å². The summed E-state index contributed by atoms with van der Waals surface area (Å²) in [6.07, 6.45) is 1.62. The normalized spacial score (nSPS) is 19.2. The first-order valence-electron chi connectivity index (χ1n) is 9.18. The van der Waals surface area contributed by atoms with Crippen LogP contribution in [0.3, 0.4) is 0 Å². The van der Waals surface area contributed by atoms with Crippen LogP contribution in [-0.2, 0) is 10.2 Å². The van der Waals surface area contributed by atoms with Crippen LogP contribution in [0.2, 0.25) is 0 Å². The molecule has 1 saturated carbocycles. The first kappa shape index (κ1) is 17.0. The molecule has 0 aromatic heterocycles. The molecule has 1 amide bonds. The number of benzene rings is 2. The number of nitrogens with zero attached hydrogens (tertiary/aromatic N) is 2. The molecule has 0 atom stereocenters. The minimum Gasteiger partial charge on any atom is -0.369 e. The number of likely N-dealkylation sites (N-methyl/N-ethyl adjacent to an activating group) is 1. The van der Waals surface area contributed by atoms with E-state index in [1.807, 2.05) is 12.1 Å². The molecule has 1 aliphatic carbocycles. The van der Waals surface area contributed by atoms with Gasteiger partial charge in [0.1, 0.15) is 5.82 Å². The molecule has 5 heteroatoms. The fourth-order valence-electron chi connectivity index (χ4n) is 3.61.